The van der Waals surface area contributed by atoms with Gasteiger partial charge in [0.25, 0.3) is 0 Å². The number of anilines is 1. The summed E-state index contributed by atoms with van der Waals surface area (Å²) in [7, 11) is 0. The summed E-state index contributed by atoms with van der Waals surface area (Å²) >= 11 is 5.96. The van der Waals surface area contributed by atoms with Crippen LogP contribution in [-0.4, -0.2) is 50.7 Å². The average molecular weight is 511 g/mol. The van der Waals surface area contributed by atoms with E-state index in [9.17, 15) is 9.90 Å². The van der Waals surface area contributed by atoms with Crippen molar-refractivity contribution < 1.29 is 24.1 Å². The lowest BCUT2D eigenvalue weighted by Crippen LogP contribution is -2.41. The highest BCUT2D eigenvalue weighted by atomic mass is 35.5. The van der Waals surface area contributed by atoms with Gasteiger partial charge < -0.3 is 29.6 Å². The Kier molecular flexibility index (Phi) is 10.4. The molecule has 0 amide bonds. The zero-order valence-electron chi connectivity index (χ0n) is 20.9. The topological polar surface area (TPSA) is 122 Å². The van der Waals surface area contributed by atoms with Gasteiger partial charge in [-0.05, 0) is 31.0 Å². The molecule has 2 aromatic heterocycles. The molecule has 10 heteroatoms. The van der Waals surface area contributed by atoms with Gasteiger partial charge in [-0.3, -0.25) is 0 Å². The third-order valence-corrected chi connectivity index (χ3v) is 6.78. The number of carbonyl (C=O) groups is 1. The number of aliphatic hydroxyl groups excluding tert-OH is 1. The molecule has 3 atom stereocenters. The number of aromatic nitrogens is 3. The lowest BCUT2D eigenvalue weighted by molar-refractivity contribution is -0.121. The van der Waals surface area contributed by atoms with Crippen molar-refractivity contribution in [2.45, 2.75) is 102 Å². The summed E-state index contributed by atoms with van der Waals surface area (Å²) in [5.41, 5.74) is 5.35. The van der Waals surface area contributed by atoms with E-state index in [0.717, 1.165) is 19.3 Å². The van der Waals surface area contributed by atoms with Crippen LogP contribution >= 0.6 is 11.6 Å². The summed E-state index contributed by atoms with van der Waals surface area (Å²) in [6.45, 7) is 4.14. The molecule has 196 valence electrons. The van der Waals surface area contributed by atoms with Gasteiger partial charge in [0.15, 0.2) is 0 Å². The summed E-state index contributed by atoms with van der Waals surface area (Å²) in [5, 5.41) is 11.3. The second kappa shape index (κ2) is 13.3. The number of rotatable bonds is 14. The molecule has 0 unspecified atom stereocenters. The molecular formula is C25H39ClN4O5. The first-order valence-corrected chi connectivity index (χ1v) is 13.2. The Balaban J connectivity index is 1.35. The first-order valence-electron chi connectivity index (χ1n) is 12.8. The molecule has 1 aliphatic heterocycles. The minimum atomic E-state index is -1.08. The minimum absolute atomic E-state index is 0.0322. The van der Waals surface area contributed by atoms with Crippen molar-refractivity contribution in [1.29, 1.82) is 0 Å². The lowest BCUT2D eigenvalue weighted by atomic mass is 10.0. The second-order valence-electron chi connectivity index (χ2n) is 9.54. The third-order valence-electron chi connectivity index (χ3n) is 6.61. The number of halogens is 1. The SMILES string of the molecule is CCCCCCCCCCCCOC(=O)OC[C@@]1(C)O[C@@H](n2ccc3c(N)nc(Cl)nc32)C[C@@H]1O. The highest BCUT2D eigenvalue weighted by Gasteiger charge is 2.46. The molecule has 9 nitrogen and oxygen atoms in total. The van der Waals surface area contributed by atoms with E-state index >= 15 is 0 Å². The minimum Gasteiger partial charge on any atom is -0.434 e. The van der Waals surface area contributed by atoms with E-state index in [1.165, 1.54) is 44.9 Å². The van der Waals surface area contributed by atoms with Gasteiger partial charge in [-0.25, -0.2) is 9.78 Å². The van der Waals surface area contributed by atoms with Crippen molar-refractivity contribution >= 4 is 34.6 Å². The normalized spacial score (nSPS) is 22.1. The van der Waals surface area contributed by atoms with E-state index in [1.807, 2.05) is 0 Å². The highest BCUT2D eigenvalue weighted by molar-refractivity contribution is 6.28. The monoisotopic (exact) mass is 510 g/mol. The molecule has 0 saturated carbocycles. The number of aliphatic hydroxyl groups is 1. The number of hydrogen-bond donors (Lipinski definition) is 2. The molecule has 0 bridgehead atoms. The fraction of sp³-hybridized carbons (Fsp3) is 0.720. The number of hydrogen-bond acceptors (Lipinski definition) is 8. The first-order chi connectivity index (χ1) is 16.8. The summed E-state index contributed by atoms with van der Waals surface area (Å²) in [5.74, 6) is 0.272. The first kappa shape index (κ1) is 27.5. The second-order valence-corrected chi connectivity index (χ2v) is 9.88. The predicted octanol–water partition coefficient (Wildman–Crippen LogP) is 5.78. The van der Waals surface area contributed by atoms with Gasteiger partial charge in [0.05, 0.1) is 18.1 Å². The molecule has 3 heterocycles. The van der Waals surface area contributed by atoms with Crippen molar-refractivity contribution in [3.05, 3.63) is 17.5 Å². The quantitative estimate of drug-likeness (QED) is 0.186. The van der Waals surface area contributed by atoms with Crippen molar-refractivity contribution in [3.8, 4) is 0 Å². The lowest BCUT2D eigenvalue weighted by Gasteiger charge is -2.27. The Bertz CT molecular complexity index is 955. The van der Waals surface area contributed by atoms with Crippen molar-refractivity contribution in [2.75, 3.05) is 18.9 Å². The maximum Gasteiger partial charge on any atom is 0.508 e. The van der Waals surface area contributed by atoms with E-state index in [4.69, 9.17) is 31.5 Å². The maximum atomic E-state index is 12.0. The number of nitrogens with zero attached hydrogens (tertiary/aromatic N) is 3. The molecule has 2 aromatic rings. The molecule has 1 saturated heterocycles. The van der Waals surface area contributed by atoms with E-state index in [-0.39, 0.29) is 17.7 Å². The molecule has 1 aliphatic rings. The van der Waals surface area contributed by atoms with Crippen LogP contribution in [-0.2, 0) is 14.2 Å². The Hall–Kier alpha value is -2.10. The Morgan fingerprint density at radius 2 is 1.83 bits per heavy atom. The van der Waals surface area contributed by atoms with E-state index in [1.54, 1.807) is 23.8 Å². The molecule has 0 aliphatic carbocycles. The molecule has 35 heavy (non-hydrogen) atoms. The number of unbranched alkanes of at least 4 members (excludes halogenated alkanes) is 9. The van der Waals surface area contributed by atoms with Crippen molar-refractivity contribution in [2.24, 2.45) is 0 Å². The van der Waals surface area contributed by atoms with Gasteiger partial charge in [-0.15, -0.1) is 0 Å². The van der Waals surface area contributed by atoms with E-state index in [0.29, 0.717) is 24.1 Å². The van der Waals surface area contributed by atoms with Crippen LogP contribution in [0.5, 0.6) is 0 Å². The zero-order valence-corrected chi connectivity index (χ0v) is 21.6. The maximum absolute atomic E-state index is 12.0. The highest BCUT2D eigenvalue weighted by Crippen LogP contribution is 2.39. The van der Waals surface area contributed by atoms with Crippen LogP contribution in [0.3, 0.4) is 0 Å². The third kappa shape index (κ3) is 7.69. The van der Waals surface area contributed by atoms with Gasteiger partial charge in [-0.1, -0.05) is 64.7 Å². The molecule has 0 spiro atoms. The standard InChI is InChI=1S/C25H39ClN4O5/c1-3-4-5-6-7-8-9-10-11-12-15-33-24(32)34-17-25(2)19(31)16-20(35-25)30-14-13-18-21(27)28-23(26)29-22(18)30/h13-14,19-20,31H,3-12,15-17H2,1-2H3,(H2,27,28,29)/t19-,20+,25+/m0/s1. The molecule has 0 aromatic carbocycles. The van der Waals surface area contributed by atoms with Crippen LogP contribution in [0.4, 0.5) is 10.6 Å². The van der Waals surface area contributed by atoms with Crippen LogP contribution in [0, 0.1) is 0 Å². The smallest absolute Gasteiger partial charge is 0.434 e. The Morgan fingerprint density at radius 3 is 2.51 bits per heavy atom. The van der Waals surface area contributed by atoms with Crippen molar-refractivity contribution in [1.82, 2.24) is 14.5 Å². The van der Waals surface area contributed by atoms with Crippen LogP contribution in [0.25, 0.3) is 11.0 Å². The summed E-state index contributed by atoms with van der Waals surface area (Å²) in [6.07, 6.45) is 12.0. The van der Waals surface area contributed by atoms with E-state index < -0.39 is 24.1 Å². The summed E-state index contributed by atoms with van der Waals surface area (Å²) in [4.78, 5) is 20.2. The molecule has 0 radical (unpaired) electrons. The molecular weight excluding hydrogens is 472 g/mol. The Morgan fingerprint density at radius 1 is 1.17 bits per heavy atom. The Labute approximate surface area is 212 Å². The predicted molar refractivity (Wildman–Crippen MR) is 135 cm³/mol. The largest absolute Gasteiger partial charge is 0.508 e. The van der Waals surface area contributed by atoms with Gasteiger partial charge in [0.2, 0.25) is 5.28 Å². The van der Waals surface area contributed by atoms with Gasteiger partial charge in [0, 0.05) is 12.6 Å². The van der Waals surface area contributed by atoms with E-state index in [2.05, 4.69) is 16.9 Å². The van der Waals surface area contributed by atoms with Crippen LogP contribution in [0.15, 0.2) is 12.3 Å². The number of ether oxygens (including phenoxy) is 3. The fourth-order valence-corrected chi connectivity index (χ4v) is 4.60. The zero-order chi connectivity index (χ0) is 25.3. The molecule has 3 rings (SSSR count). The van der Waals surface area contributed by atoms with Crippen LogP contribution in [0.2, 0.25) is 5.28 Å². The van der Waals surface area contributed by atoms with Crippen LogP contribution in [0.1, 0.15) is 90.7 Å². The van der Waals surface area contributed by atoms with Gasteiger partial charge in [0.1, 0.15) is 29.9 Å². The number of nitrogens with two attached hydrogens (primary N) is 1. The summed E-state index contributed by atoms with van der Waals surface area (Å²) < 4.78 is 18.3. The van der Waals surface area contributed by atoms with Crippen LogP contribution < -0.4 is 5.73 Å². The number of fused-ring (bicyclic) bond motifs is 1. The van der Waals surface area contributed by atoms with Gasteiger partial charge in [-0.2, -0.15) is 4.98 Å². The molecule has 3 N–H and O–H groups in total. The van der Waals surface area contributed by atoms with Crippen molar-refractivity contribution in [3.63, 3.8) is 0 Å². The fourth-order valence-electron chi connectivity index (χ4n) is 4.43. The summed E-state index contributed by atoms with van der Waals surface area (Å²) in [6, 6.07) is 1.77. The number of nitrogen functional groups attached to an aromatic ring is 1. The van der Waals surface area contributed by atoms with Gasteiger partial charge >= 0.3 is 6.16 Å². The molecule has 1 fully saturated rings. The number of carbonyl (C=O) groups excluding carboxylic acids is 1. The average Bonchev–Trinajstić information content (AvgIpc) is 3.37.